The van der Waals surface area contributed by atoms with E-state index in [4.69, 9.17) is 9.97 Å². The molecule has 12 nitrogen and oxygen atoms in total. The van der Waals surface area contributed by atoms with Crippen LogP contribution in [0.1, 0.15) is 87.9 Å². The van der Waals surface area contributed by atoms with E-state index < -0.39 is 0 Å². The molecule has 0 spiro atoms. The average molecular weight is 966 g/mol. The SMILES string of the molecule is CCCC(=O)N1CCC(C(Nc2cc(-c3ccc4ccn(C)c4c3)c3nccnc3c2)c2cccnc2)CC1.Cn1ccc2ccc(-c3cc(NC(c4cccnc4)C4CCCCC4)cc4nccnc34)cc21. The second-order valence-corrected chi connectivity index (χ2v) is 20.0. The lowest BCUT2D eigenvalue weighted by Gasteiger charge is -2.37. The molecule has 2 atom stereocenters. The number of likely N-dealkylation sites (tertiary alicyclic amines) is 1. The zero-order valence-electron chi connectivity index (χ0n) is 42.0. The van der Waals surface area contributed by atoms with E-state index in [2.05, 4.69) is 158 Å². The van der Waals surface area contributed by atoms with Gasteiger partial charge >= 0.3 is 0 Å². The molecule has 1 aliphatic carbocycles. The smallest absolute Gasteiger partial charge is 0.222 e. The second kappa shape index (κ2) is 21.4. The van der Waals surface area contributed by atoms with Crippen LogP contribution in [0, 0.1) is 11.8 Å². The molecular formula is C61H63N11O. The van der Waals surface area contributed by atoms with Crippen LogP contribution < -0.4 is 10.6 Å². The molecule has 12 heteroatoms. The van der Waals surface area contributed by atoms with Crippen molar-refractivity contribution in [2.24, 2.45) is 25.9 Å². The molecule has 73 heavy (non-hydrogen) atoms. The van der Waals surface area contributed by atoms with Crippen molar-refractivity contribution < 1.29 is 4.79 Å². The summed E-state index contributed by atoms with van der Waals surface area (Å²) in [6.45, 7) is 3.66. The number of rotatable bonds is 12. The van der Waals surface area contributed by atoms with Gasteiger partial charge in [-0.15, -0.1) is 0 Å². The summed E-state index contributed by atoms with van der Waals surface area (Å²) in [6, 6.07) is 34.8. The van der Waals surface area contributed by atoms with Crippen LogP contribution in [0.25, 0.3) is 66.1 Å². The van der Waals surface area contributed by atoms with Crippen molar-refractivity contribution in [1.82, 2.24) is 43.9 Å². The van der Waals surface area contributed by atoms with Gasteiger partial charge in [-0.3, -0.25) is 34.7 Å². The van der Waals surface area contributed by atoms with E-state index in [-0.39, 0.29) is 18.0 Å². The molecule has 2 N–H and O–H groups in total. The van der Waals surface area contributed by atoms with Gasteiger partial charge < -0.3 is 24.7 Å². The number of hydrogen-bond donors (Lipinski definition) is 2. The van der Waals surface area contributed by atoms with Gasteiger partial charge in [-0.1, -0.05) is 62.6 Å². The topological polar surface area (TPSA) is 132 Å². The van der Waals surface area contributed by atoms with Gasteiger partial charge in [-0.25, -0.2) is 0 Å². The first-order valence-corrected chi connectivity index (χ1v) is 26.1. The highest BCUT2D eigenvalue weighted by Crippen LogP contribution is 2.40. The summed E-state index contributed by atoms with van der Waals surface area (Å²) in [6.07, 6.45) is 28.7. The molecule has 2 fully saturated rings. The molecule has 2 unspecified atom stereocenters. The monoisotopic (exact) mass is 966 g/mol. The number of piperidine rings is 1. The molecule has 1 saturated heterocycles. The van der Waals surface area contributed by atoms with Crippen molar-refractivity contribution in [1.29, 1.82) is 0 Å². The number of nitrogens with one attached hydrogen (secondary N) is 2. The third-order valence-corrected chi connectivity index (χ3v) is 15.2. The van der Waals surface area contributed by atoms with Crippen molar-refractivity contribution >= 4 is 61.2 Å². The van der Waals surface area contributed by atoms with E-state index in [1.807, 2.05) is 41.8 Å². The van der Waals surface area contributed by atoms with Crippen LogP contribution in [0.5, 0.6) is 0 Å². The number of aromatic nitrogens is 8. The zero-order chi connectivity index (χ0) is 49.7. The van der Waals surface area contributed by atoms with Crippen LogP contribution in [0.2, 0.25) is 0 Å². The fraction of sp³-hybridized carbons (Fsp3) is 0.295. The van der Waals surface area contributed by atoms with Gasteiger partial charge in [0.1, 0.15) is 0 Å². The van der Waals surface area contributed by atoms with Crippen molar-refractivity contribution in [2.45, 2.75) is 76.8 Å². The summed E-state index contributed by atoms with van der Waals surface area (Å²) in [7, 11) is 4.16. The maximum atomic E-state index is 12.5. The van der Waals surface area contributed by atoms with Crippen molar-refractivity contribution in [3.05, 3.63) is 170 Å². The van der Waals surface area contributed by atoms with Gasteiger partial charge in [0, 0.05) is 129 Å². The Morgan fingerprint density at radius 2 is 1.07 bits per heavy atom. The van der Waals surface area contributed by atoms with E-state index in [1.54, 1.807) is 24.8 Å². The number of fused-ring (bicyclic) bond motifs is 4. The highest BCUT2D eigenvalue weighted by Gasteiger charge is 2.30. The summed E-state index contributed by atoms with van der Waals surface area (Å²) in [4.78, 5) is 42.2. The van der Waals surface area contributed by atoms with Crippen LogP contribution >= 0.6 is 0 Å². The number of pyridine rings is 2. The number of carbonyl (C=O) groups excluding carboxylic acids is 1. The molecule has 1 amide bonds. The standard InChI is InChI=1S/C32H34N6O.C29H29N5/c1-3-5-30(39)38-16-10-23(11-17-38)31(25-6-4-12-33-21-25)36-26-19-27(32-28(20-26)34-13-14-35-32)24-8-7-22-9-15-37(2)29(22)18-24;1-34-15-11-20-9-10-22(16-27(20)34)25-17-24(18-26-29(25)32-14-13-31-26)33-28(21-6-3-2-4-7-21)23-8-5-12-30-19-23/h4,6-9,12-15,18-21,23,31,36H,3,5,10-11,16-17H2,1-2H3;5,8-19,21,28,33H,2-4,6-7H2,1H3. The Labute approximate surface area is 427 Å². The normalized spacial score (nSPS) is 15.3. The number of nitrogens with zero attached hydrogens (tertiary/aromatic N) is 9. The first-order valence-electron chi connectivity index (χ1n) is 26.1. The van der Waals surface area contributed by atoms with Crippen molar-refractivity contribution in [3.8, 4) is 22.3 Å². The number of amides is 1. The zero-order valence-corrected chi connectivity index (χ0v) is 42.0. The van der Waals surface area contributed by atoms with Gasteiger partial charge in [0.2, 0.25) is 5.91 Å². The molecule has 2 aliphatic rings. The number of hydrogen-bond acceptors (Lipinski definition) is 9. The first kappa shape index (κ1) is 47.3. The predicted molar refractivity (Wildman–Crippen MR) is 295 cm³/mol. The summed E-state index contributed by atoms with van der Waals surface area (Å²) in [5.41, 5.74) is 14.9. The second-order valence-electron chi connectivity index (χ2n) is 20.0. The lowest BCUT2D eigenvalue weighted by atomic mass is 9.81. The molecule has 12 rings (SSSR count). The van der Waals surface area contributed by atoms with E-state index >= 15 is 0 Å². The minimum absolute atomic E-state index is 0.0689. The van der Waals surface area contributed by atoms with Gasteiger partial charge in [0.25, 0.3) is 0 Å². The Hall–Kier alpha value is -7.99. The number of benzene rings is 4. The van der Waals surface area contributed by atoms with Crippen LogP contribution in [-0.2, 0) is 18.9 Å². The summed E-state index contributed by atoms with van der Waals surface area (Å²) < 4.78 is 4.31. The molecule has 6 aromatic heterocycles. The molecule has 1 saturated carbocycles. The summed E-state index contributed by atoms with van der Waals surface area (Å²) in [5.74, 6) is 1.24. The molecule has 1 aliphatic heterocycles. The maximum absolute atomic E-state index is 12.5. The maximum Gasteiger partial charge on any atom is 0.222 e. The van der Waals surface area contributed by atoms with Gasteiger partial charge in [0.05, 0.1) is 34.2 Å². The van der Waals surface area contributed by atoms with E-state index in [1.165, 1.54) is 59.5 Å². The largest absolute Gasteiger partial charge is 0.378 e. The number of carbonyl (C=O) groups is 1. The highest BCUT2D eigenvalue weighted by molar-refractivity contribution is 5.98. The summed E-state index contributed by atoms with van der Waals surface area (Å²) in [5, 5.41) is 10.2. The number of aryl methyl sites for hydroxylation is 2. The highest BCUT2D eigenvalue weighted by atomic mass is 16.2. The van der Waals surface area contributed by atoms with E-state index in [0.29, 0.717) is 18.3 Å². The molecule has 368 valence electrons. The quantitative estimate of drug-likeness (QED) is 0.123. The van der Waals surface area contributed by atoms with Crippen molar-refractivity contribution in [2.75, 3.05) is 23.7 Å². The Morgan fingerprint density at radius 3 is 1.55 bits per heavy atom. The Balaban J connectivity index is 0.000000159. The van der Waals surface area contributed by atoms with Crippen molar-refractivity contribution in [3.63, 3.8) is 0 Å². The molecule has 7 heterocycles. The van der Waals surface area contributed by atoms with Crippen LogP contribution in [0.4, 0.5) is 11.4 Å². The predicted octanol–water partition coefficient (Wildman–Crippen LogP) is 13.3. The lowest BCUT2D eigenvalue weighted by Crippen LogP contribution is -2.40. The summed E-state index contributed by atoms with van der Waals surface area (Å²) >= 11 is 0. The Bertz CT molecular complexity index is 3500. The first-order chi connectivity index (χ1) is 35.9. The van der Waals surface area contributed by atoms with E-state index in [0.717, 1.165) is 93.6 Å². The molecule has 0 radical (unpaired) electrons. The van der Waals surface area contributed by atoms with E-state index in [9.17, 15) is 4.79 Å². The molecular weight excluding hydrogens is 903 g/mol. The molecule has 4 aromatic carbocycles. The fourth-order valence-electron chi connectivity index (χ4n) is 11.4. The third-order valence-electron chi connectivity index (χ3n) is 15.2. The molecule has 10 aromatic rings. The minimum Gasteiger partial charge on any atom is -0.378 e. The number of anilines is 2. The van der Waals surface area contributed by atoms with Crippen LogP contribution in [0.15, 0.2) is 159 Å². The lowest BCUT2D eigenvalue weighted by molar-refractivity contribution is -0.132. The van der Waals surface area contributed by atoms with Gasteiger partial charge in [0.15, 0.2) is 0 Å². The van der Waals surface area contributed by atoms with Crippen LogP contribution in [0.3, 0.4) is 0 Å². The van der Waals surface area contributed by atoms with Gasteiger partial charge in [-0.05, 0) is 138 Å². The average Bonchev–Trinajstić information content (AvgIpc) is 4.02. The van der Waals surface area contributed by atoms with Gasteiger partial charge in [-0.2, -0.15) is 0 Å². The van der Waals surface area contributed by atoms with Crippen LogP contribution in [-0.4, -0.2) is 62.9 Å². The fourth-order valence-corrected chi connectivity index (χ4v) is 11.4. The third kappa shape index (κ3) is 10.2. The minimum atomic E-state index is 0.0689. The Kier molecular flexibility index (Phi) is 13.9. The Morgan fingerprint density at radius 1 is 0.575 bits per heavy atom. The molecule has 0 bridgehead atoms.